The minimum atomic E-state index is -0.393. The zero-order valence-corrected chi connectivity index (χ0v) is 28.8. The van der Waals surface area contributed by atoms with Gasteiger partial charge in [-0.1, -0.05) is 95.7 Å². The third-order valence-corrected chi connectivity index (χ3v) is 8.34. The first-order valence-electron chi connectivity index (χ1n) is 16.7. The fraction of sp³-hybridized carbons (Fsp3) is 0.743. The van der Waals surface area contributed by atoms with Gasteiger partial charge in [0.05, 0.1) is 12.2 Å². The Morgan fingerprint density at radius 1 is 0.814 bits per heavy atom. The molecule has 8 heteroatoms. The van der Waals surface area contributed by atoms with Crippen molar-refractivity contribution >= 4 is 17.7 Å². The summed E-state index contributed by atoms with van der Waals surface area (Å²) in [7, 11) is 0. The highest BCUT2D eigenvalue weighted by atomic mass is 32.2. The van der Waals surface area contributed by atoms with Gasteiger partial charge in [-0.05, 0) is 71.1 Å². The molecule has 0 bridgehead atoms. The molecule has 1 aromatic carbocycles. The Morgan fingerprint density at radius 3 is 1.95 bits per heavy atom. The highest BCUT2D eigenvalue weighted by Crippen LogP contribution is 2.27. The van der Waals surface area contributed by atoms with E-state index in [1.807, 2.05) is 30.5 Å². The second kappa shape index (κ2) is 20.8. The predicted molar refractivity (Wildman–Crippen MR) is 179 cm³/mol. The molecule has 1 N–H and O–H groups in total. The number of ether oxygens (including phenoxy) is 2. The number of thioether (sulfide) groups is 1. The van der Waals surface area contributed by atoms with Gasteiger partial charge in [-0.25, -0.2) is 0 Å². The Labute approximate surface area is 266 Å². The molecule has 244 valence electrons. The summed E-state index contributed by atoms with van der Waals surface area (Å²) in [6, 6.07) is 7.70. The molecule has 0 fully saturated rings. The van der Waals surface area contributed by atoms with Gasteiger partial charge in [-0.2, -0.15) is 0 Å². The van der Waals surface area contributed by atoms with Crippen LogP contribution in [0.1, 0.15) is 137 Å². The number of hydrogen-bond acceptors (Lipinski definition) is 7. The maximum atomic E-state index is 12.3. The van der Waals surface area contributed by atoms with Crippen molar-refractivity contribution in [3.8, 4) is 17.2 Å². The normalized spacial score (nSPS) is 12.0. The Balaban J connectivity index is 1.50. The molecule has 1 aromatic heterocycles. The molecule has 0 unspecified atom stereocenters. The van der Waals surface area contributed by atoms with Gasteiger partial charge in [0.25, 0.3) is 5.22 Å². The molecule has 7 nitrogen and oxygen atoms in total. The highest BCUT2D eigenvalue weighted by Gasteiger charge is 2.24. The van der Waals surface area contributed by atoms with Crippen molar-refractivity contribution < 1.29 is 18.7 Å². The fourth-order valence-corrected chi connectivity index (χ4v) is 5.27. The van der Waals surface area contributed by atoms with Gasteiger partial charge in [0, 0.05) is 24.9 Å². The lowest BCUT2D eigenvalue weighted by Gasteiger charge is -2.30. The molecular weight excluding hydrogens is 558 g/mol. The van der Waals surface area contributed by atoms with E-state index in [0.29, 0.717) is 30.7 Å². The molecule has 2 aromatic rings. The standard InChI is InChI=1S/C35H59N3O4S/c1-7-8-9-10-11-12-13-14-15-16-17-18-19-20-31(39)36-27-25-34(2,3)40-28-26-35(4,5)42-30-23-21-29(22-24-30)32-37-38-33(41-32)43-6/h21-24H,7-20,25-28H2,1-6H3,(H,36,39). The van der Waals surface area contributed by atoms with Crippen molar-refractivity contribution in [1.82, 2.24) is 15.5 Å². The molecule has 0 atom stereocenters. The van der Waals surface area contributed by atoms with Crippen LogP contribution in [0.3, 0.4) is 0 Å². The highest BCUT2D eigenvalue weighted by molar-refractivity contribution is 7.98. The first-order valence-corrected chi connectivity index (χ1v) is 17.9. The summed E-state index contributed by atoms with van der Waals surface area (Å²) in [5.41, 5.74) is 0.149. The molecule has 1 amide bonds. The van der Waals surface area contributed by atoms with E-state index in [4.69, 9.17) is 13.9 Å². The van der Waals surface area contributed by atoms with E-state index in [2.05, 4.69) is 50.1 Å². The predicted octanol–water partition coefficient (Wildman–Crippen LogP) is 9.79. The van der Waals surface area contributed by atoms with E-state index in [1.54, 1.807) is 0 Å². The van der Waals surface area contributed by atoms with Crippen LogP contribution in [-0.2, 0) is 9.53 Å². The van der Waals surface area contributed by atoms with E-state index in [9.17, 15) is 4.79 Å². The topological polar surface area (TPSA) is 86.5 Å². The van der Waals surface area contributed by atoms with Crippen molar-refractivity contribution in [2.45, 2.75) is 154 Å². The average molecular weight is 618 g/mol. The van der Waals surface area contributed by atoms with Gasteiger partial charge >= 0.3 is 0 Å². The van der Waals surface area contributed by atoms with Crippen LogP contribution < -0.4 is 10.1 Å². The molecule has 0 aliphatic rings. The van der Waals surface area contributed by atoms with Crippen LogP contribution >= 0.6 is 11.8 Å². The third-order valence-electron chi connectivity index (χ3n) is 7.83. The van der Waals surface area contributed by atoms with Crippen LogP contribution in [0.5, 0.6) is 5.75 Å². The summed E-state index contributed by atoms with van der Waals surface area (Å²) in [5, 5.41) is 11.7. The molecule has 0 spiro atoms. The zero-order valence-electron chi connectivity index (χ0n) is 28.0. The number of carbonyl (C=O) groups is 1. The Morgan fingerprint density at radius 2 is 1.40 bits per heavy atom. The van der Waals surface area contributed by atoms with E-state index in [1.165, 1.54) is 82.4 Å². The summed E-state index contributed by atoms with van der Waals surface area (Å²) in [5.74, 6) is 1.44. The van der Waals surface area contributed by atoms with Gasteiger partial charge < -0.3 is 19.2 Å². The summed E-state index contributed by atoms with van der Waals surface area (Å²) in [6.07, 6.45) is 21.2. The lowest BCUT2D eigenvalue weighted by molar-refractivity contribution is -0.121. The van der Waals surface area contributed by atoms with E-state index < -0.39 is 5.60 Å². The van der Waals surface area contributed by atoms with Gasteiger partial charge in [0.2, 0.25) is 11.8 Å². The van der Waals surface area contributed by atoms with Gasteiger partial charge in [0.1, 0.15) is 11.4 Å². The van der Waals surface area contributed by atoms with Crippen molar-refractivity contribution in [2.24, 2.45) is 0 Å². The SMILES string of the molecule is CCCCCCCCCCCCCCCC(=O)NCCC(C)(C)OCCC(C)(C)Oc1ccc(-c2nnc(SC)o2)cc1. The molecule has 1 heterocycles. The number of hydrogen-bond donors (Lipinski definition) is 1. The molecule has 0 aliphatic heterocycles. The molecule has 0 saturated carbocycles. The number of nitrogens with zero attached hydrogens (tertiary/aromatic N) is 2. The second-order valence-corrected chi connectivity index (χ2v) is 13.7. The molecule has 0 saturated heterocycles. The first kappa shape index (κ1) is 37.1. The van der Waals surface area contributed by atoms with Crippen LogP contribution in [0, 0.1) is 0 Å². The smallest absolute Gasteiger partial charge is 0.276 e. The van der Waals surface area contributed by atoms with E-state index >= 15 is 0 Å². The number of rotatable bonds is 25. The minimum Gasteiger partial charge on any atom is -0.488 e. The monoisotopic (exact) mass is 617 g/mol. The zero-order chi connectivity index (χ0) is 31.4. The molecule has 2 rings (SSSR count). The van der Waals surface area contributed by atoms with Crippen LogP contribution in [0.25, 0.3) is 11.5 Å². The molecular formula is C35H59N3O4S. The van der Waals surface area contributed by atoms with E-state index in [0.717, 1.165) is 37.0 Å². The first-order chi connectivity index (χ1) is 20.6. The molecule has 0 aliphatic carbocycles. The number of aromatic nitrogens is 2. The Bertz CT molecular complexity index is 1010. The van der Waals surface area contributed by atoms with Crippen LogP contribution in [0.4, 0.5) is 0 Å². The summed E-state index contributed by atoms with van der Waals surface area (Å²) in [6.45, 7) is 11.8. The van der Waals surface area contributed by atoms with Crippen LogP contribution in [0.15, 0.2) is 33.9 Å². The molecule has 0 radical (unpaired) electrons. The summed E-state index contributed by atoms with van der Waals surface area (Å²) >= 11 is 1.42. The number of unbranched alkanes of at least 4 members (excludes halogenated alkanes) is 12. The number of carbonyl (C=O) groups excluding carboxylic acids is 1. The van der Waals surface area contributed by atoms with Gasteiger partial charge in [-0.15, -0.1) is 10.2 Å². The minimum absolute atomic E-state index is 0.156. The quantitative estimate of drug-likeness (QED) is 0.0876. The van der Waals surface area contributed by atoms with Gasteiger partial charge in [-0.3, -0.25) is 4.79 Å². The summed E-state index contributed by atoms with van der Waals surface area (Å²) < 4.78 is 18.0. The Kier molecular flexibility index (Phi) is 18.0. The van der Waals surface area contributed by atoms with Crippen LogP contribution in [0.2, 0.25) is 0 Å². The third kappa shape index (κ3) is 17.1. The molecule has 43 heavy (non-hydrogen) atoms. The van der Waals surface area contributed by atoms with Crippen molar-refractivity contribution in [2.75, 3.05) is 19.4 Å². The second-order valence-electron chi connectivity index (χ2n) is 12.9. The largest absolute Gasteiger partial charge is 0.488 e. The number of benzene rings is 1. The summed E-state index contributed by atoms with van der Waals surface area (Å²) in [4.78, 5) is 12.3. The van der Waals surface area contributed by atoms with Crippen molar-refractivity contribution in [3.05, 3.63) is 24.3 Å². The number of nitrogens with one attached hydrogen (secondary N) is 1. The lowest BCUT2D eigenvalue weighted by atomic mass is 10.0. The van der Waals surface area contributed by atoms with Gasteiger partial charge in [0.15, 0.2) is 0 Å². The van der Waals surface area contributed by atoms with Crippen molar-refractivity contribution in [3.63, 3.8) is 0 Å². The maximum absolute atomic E-state index is 12.3. The van der Waals surface area contributed by atoms with E-state index in [-0.39, 0.29) is 11.5 Å². The Hall–Kier alpha value is -2.06. The average Bonchev–Trinajstić information content (AvgIpc) is 3.45. The van der Waals surface area contributed by atoms with Crippen molar-refractivity contribution in [1.29, 1.82) is 0 Å². The lowest BCUT2D eigenvalue weighted by Crippen LogP contribution is -2.35. The maximum Gasteiger partial charge on any atom is 0.276 e. The van der Waals surface area contributed by atoms with Crippen LogP contribution in [-0.4, -0.2) is 46.7 Å². The number of amides is 1. The fourth-order valence-electron chi connectivity index (χ4n) is 4.98.